The first-order chi connectivity index (χ1) is 10.5. The number of piperazine rings is 1. The van der Waals surface area contributed by atoms with Gasteiger partial charge in [-0.2, -0.15) is 0 Å². The molecule has 5 heteroatoms. The molecule has 0 spiro atoms. The van der Waals surface area contributed by atoms with Crippen LogP contribution >= 0.6 is 0 Å². The van der Waals surface area contributed by atoms with Crippen molar-refractivity contribution in [1.29, 1.82) is 0 Å². The third-order valence-corrected chi connectivity index (χ3v) is 3.58. The number of amides is 2. The molecule has 0 unspecified atom stereocenters. The molecule has 0 saturated carbocycles. The van der Waals surface area contributed by atoms with Crippen LogP contribution in [-0.2, 0) is 9.59 Å². The molecule has 1 aromatic carbocycles. The number of carbonyl (C=O) groups is 2. The van der Waals surface area contributed by atoms with E-state index in [0.29, 0.717) is 19.6 Å². The lowest BCUT2D eigenvalue weighted by Crippen LogP contribution is -2.52. The summed E-state index contributed by atoms with van der Waals surface area (Å²) < 4.78 is 0. The monoisotopic (exact) mass is 301 g/mol. The summed E-state index contributed by atoms with van der Waals surface area (Å²) in [6, 6.07) is 7.87. The summed E-state index contributed by atoms with van der Waals surface area (Å²) in [7, 11) is 3.89. The summed E-state index contributed by atoms with van der Waals surface area (Å²) in [4.78, 5) is 29.7. The van der Waals surface area contributed by atoms with Gasteiger partial charge in [-0.05, 0) is 38.7 Å². The first-order valence-corrected chi connectivity index (χ1v) is 7.44. The van der Waals surface area contributed by atoms with Crippen molar-refractivity contribution in [3.63, 3.8) is 0 Å². The van der Waals surface area contributed by atoms with Crippen LogP contribution in [0.25, 0.3) is 0 Å². The number of aryl methyl sites for hydroxylation is 1. The maximum Gasteiger partial charge on any atom is 0.246 e. The molecular formula is C17H23N3O2. The van der Waals surface area contributed by atoms with Gasteiger partial charge in [-0.3, -0.25) is 9.59 Å². The molecule has 1 fully saturated rings. The van der Waals surface area contributed by atoms with E-state index in [-0.39, 0.29) is 18.4 Å². The Morgan fingerprint density at radius 1 is 1.32 bits per heavy atom. The average molecular weight is 301 g/mol. The maximum absolute atomic E-state index is 12.3. The molecule has 5 nitrogen and oxygen atoms in total. The van der Waals surface area contributed by atoms with Gasteiger partial charge in [-0.15, -0.1) is 0 Å². The summed E-state index contributed by atoms with van der Waals surface area (Å²) in [6.07, 6.45) is 3.37. The van der Waals surface area contributed by atoms with E-state index in [1.165, 1.54) is 0 Å². The normalized spacial score (nSPS) is 15.9. The second-order valence-corrected chi connectivity index (χ2v) is 5.81. The van der Waals surface area contributed by atoms with Crippen LogP contribution in [0.3, 0.4) is 0 Å². The van der Waals surface area contributed by atoms with Crippen LogP contribution in [0.2, 0.25) is 0 Å². The fourth-order valence-electron chi connectivity index (χ4n) is 2.40. The molecule has 0 bridgehead atoms. The highest BCUT2D eigenvalue weighted by Gasteiger charge is 2.26. The highest BCUT2D eigenvalue weighted by Crippen LogP contribution is 2.18. The number of rotatable bonds is 4. The van der Waals surface area contributed by atoms with Gasteiger partial charge in [0.05, 0.1) is 0 Å². The lowest BCUT2D eigenvalue weighted by atomic mass is 10.2. The van der Waals surface area contributed by atoms with Crippen molar-refractivity contribution in [2.45, 2.75) is 6.92 Å². The van der Waals surface area contributed by atoms with Crippen LogP contribution in [0.1, 0.15) is 5.56 Å². The van der Waals surface area contributed by atoms with Gasteiger partial charge < -0.3 is 14.7 Å². The first-order valence-electron chi connectivity index (χ1n) is 7.44. The van der Waals surface area contributed by atoms with Gasteiger partial charge in [-0.1, -0.05) is 18.2 Å². The lowest BCUT2D eigenvalue weighted by Gasteiger charge is -2.34. The molecular weight excluding hydrogens is 278 g/mol. The molecule has 1 saturated heterocycles. The van der Waals surface area contributed by atoms with E-state index in [4.69, 9.17) is 0 Å². The predicted molar refractivity (Wildman–Crippen MR) is 87.8 cm³/mol. The molecule has 0 N–H and O–H groups in total. The van der Waals surface area contributed by atoms with E-state index in [1.54, 1.807) is 15.9 Å². The molecule has 0 aromatic heterocycles. The van der Waals surface area contributed by atoms with Crippen LogP contribution in [0.15, 0.2) is 36.4 Å². The third kappa shape index (κ3) is 4.18. The van der Waals surface area contributed by atoms with Gasteiger partial charge >= 0.3 is 0 Å². The van der Waals surface area contributed by atoms with E-state index in [9.17, 15) is 9.59 Å². The minimum atomic E-state index is -0.0981. The molecule has 2 amide bonds. The van der Waals surface area contributed by atoms with Crippen LogP contribution < -0.4 is 4.90 Å². The number of anilines is 1. The Kier molecular flexibility index (Phi) is 5.33. The zero-order chi connectivity index (χ0) is 16.1. The van der Waals surface area contributed by atoms with Gasteiger partial charge in [-0.25, -0.2) is 0 Å². The SMILES string of the molecule is Cc1cccc(N2CCN(C(=O)/C=C/CN(C)C)CC2=O)c1. The number of benzene rings is 1. The molecule has 0 radical (unpaired) electrons. The van der Waals surface area contributed by atoms with Crippen molar-refractivity contribution in [3.05, 3.63) is 42.0 Å². The van der Waals surface area contributed by atoms with Gasteiger partial charge in [0.15, 0.2) is 0 Å². The number of hydrogen-bond acceptors (Lipinski definition) is 3. The minimum absolute atomic E-state index is 0.0359. The molecule has 1 aliphatic heterocycles. The number of likely N-dealkylation sites (N-methyl/N-ethyl adjacent to an activating group) is 1. The number of nitrogens with zero attached hydrogens (tertiary/aromatic N) is 3. The second kappa shape index (κ2) is 7.22. The molecule has 1 aromatic rings. The summed E-state index contributed by atoms with van der Waals surface area (Å²) in [5.41, 5.74) is 2.02. The Balaban J connectivity index is 1.96. The Morgan fingerprint density at radius 3 is 2.73 bits per heavy atom. The smallest absolute Gasteiger partial charge is 0.246 e. The summed E-state index contributed by atoms with van der Waals surface area (Å²) in [5.74, 6) is -0.134. The van der Waals surface area contributed by atoms with E-state index in [1.807, 2.05) is 56.3 Å². The fourth-order valence-corrected chi connectivity index (χ4v) is 2.40. The molecule has 118 valence electrons. The van der Waals surface area contributed by atoms with E-state index >= 15 is 0 Å². The molecule has 1 aliphatic rings. The van der Waals surface area contributed by atoms with Crippen molar-refractivity contribution in [1.82, 2.24) is 9.80 Å². The topological polar surface area (TPSA) is 43.9 Å². The predicted octanol–water partition coefficient (Wildman–Crippen LogP) is 1.29. The van der Waals surface area contributed by atoms with Crippen LogP contribution in [0, 0.1) is 6.92 Å². The number of hydrogen-bond donors (Lipinski definition) is 0. The molecule has 22 heavy (non-hydrogen) atoms. The maximum atomic E-state index is 12.3. The van der Waals surface area contributed by atoms with Gasteiger partial charge in [0.2, 0.25) is 11.8 Å². The molecule has 2 rings (SSSR count). The molecule has 0 atom stereocenters. The zero-order valence-electron chi connectivity index (χ0n) is 13.5. The largest absolute Gasteiger partial charge is 0.328 e. The van der Waals surface area contributed by atoms with Crippen molar-refractivity contribution in [2.24, 2.45) is 0 Å². The minimum Gasteiger partial charge on any atom is -0.328 e. The quantitative estimate of drug-likeness (QED) is 0.787. The zero-order valence-corrected chi connectivity index (χ0v) is 13.5. The van der Waals surface area contributed by atoms with Crippen molar-refractivity contribution in [3.8, 4) is 0 Å². The fraction of sp³-hybridized carbons (Fsp3) is 0.412. The lowest BCUT2D eigenvalue weighted by molar-refractivity contribution is -0.133. The summed E-state index contributed by atoms with van der Waals surface area (Å²) >= 11 is 0. The van der Waals surface area contributed by atoms with Crippen LogP contribution in [0.5, 0.6) is 0 Å². The molecule has 1 heterocycles. The highest BCUT2D eigenvalue weighted by molar-refractivity contribution is 5.99. The van der Waals surface area contributed by atoms with Crippen LogP contribution in [0.4, 0.5) is 5.69 Å². The van der Waals surface area contributed by atoms with E-state index in [0.717, 1.165) is 11.3 Å². The third-order valence-electron chi connectivity index (χ3n) is 3.58. The Labute approximate surface area is 131 Å². The van der Waals surface area contributed by atoms with Crippen molar-refractivity contribution in [2.75, 3.05) is 45.2 Å². The van der Waals surface area contributed by atoms with Crippen LogP contribution in [-0.4, -0.2) is 61.9 Å². The number of carbonyl (C=O) groups excluding carboxylic acids is 2. The van der Waals surface area contributed by atoms with E-state index < -0.39 is 0 Å². The Bertz CT molecular complexity index is 581. The van der Waals surface area contributed by atoms with Gasteiger partial charge in [0, 0.05) is 31.4 Å². The highest BCUT2D eigenvalue weighted by atomic mass is 16.2. The Morgan fingerprint density at radius 2 is 2.09 bits per heavy atom. The van der Waals surface area contributed by atoms with Crippen molar-refractivity contribution < 1.29 is 9.59 Å². The first kappa shape index (κ1) is 16.2. The molecule has 0 aliphatic carbocycles. The Hall–Kier alpha value is -2.14. The second-order valence-electron chi connectivity index (χ2n) is 5.81. The summed E-state index contributed by atoms with van der Waals surface area (Å²) in [5, 5.41) is 0. The average Bonchev–Trinajstić information content (AvgIpc) is 2.46. The van der Waals surface area contributed by atoms with Gasteiger partial charge in [0.1, 0.15) is 6.54 Å². The van der Waals surface area contributed by atoms with E-state index in [2.05, 4.69) is 0 Å². The van der Waals surface area contributed by atoms with Crippen molar-refractivity contribution >= 4 is 17.5 Å². The standard InChI is InChI=1S/C17H23N3O2/c1-14-6-4-7-15(12-14)20-11-10-19(13-17(20)22)16(21)8-5-9-18(2)3/h4-8,12H,9-11,13H2,1-3H3/b8-5+. The van der Waals surface area contributed by atoms with Gasteiger partial charge in [0.25, 0.3) is 0 Å². The summed E-state index contributed by atoms with van der Waals surface area (Å²) in [6.45, 7) is 3.95.